The number of benzene rings is 1. The van der Waals surface area contributed by atoms with Crippen molar-refractivity contribution in [1.82, 2.24) is 15.3 Å². The number of aliphatic hydroxyl groups is 1. The van der Waals surface area contributed by atoms with Crippen molar-refractivity contribution in [3.8, 4) is 17.3 Å². The zero-order valence-electron chi connectivity index (χ0n) is 15.8. The molecule has 1 fully saturated rings. The van der Waals surface area contributed by atoms with Gasteiger partial charge in [-0.2, -0.15) is 5.26 Å². The van der Waals surface area contributed by atoms with Crippen molar-refractivity contribution in [1.29, 1.82) is 5.26 Å². The summed E-state index contributed by atoms with van der Waals surface area (Å²) in [7, 11) is 0. The Labute approximate surface area is 168 Å². The Kier molecular flexibility index (Phi) is 6.84. The molecule has 1 atom stereocenters. The third-order valence-electron chi connectivity index (χ3n) is 4.45. The van der Waals surface area contributed by atoms with Gasteiger partial charge in [-0.05, 0) is 25.0 Å². The minimum atomic E-state index is -0.560. The molecule has 1 amide bonds. The van der Waals surface area contributed by atoms with Crippen LogP contribution >= 0.6 is 0 Å². The number of nitrogens with zero attached hydrogens (tertiary/aromatic N) is 3. The highest BCUT2D eigenvalue weighted by Crippen LogP contribution is 2.30. The van der Waals surface area contributed by atoms with Crippen LogP contribution in [0.4, 0.5) is 11.5 Å². The lowest BCUT2D eigenvalue weighted by Gasteiger charge is -2.16. The van der Waals surface area contributed by atoms with E-state index in [-0.39, 0.29) is 18.4 Å². The number of amides is 1. The third kappa shape index (κ3) is 5.57. The van der Waals surface area contributed by atoms with Crippen molar-refractivity contribution in [3.63, 3.8) is 0 Å². The van der Waals surface area contributed by atoms with E-state index in [1.165, 1.54) is 6.20 Å². The van der Waals surface area contributed by atoms with E-state index < -0.39 is 6.04 Å². The number of rotatable bonds is 10. The Morgan fingerprint density at radius 2 is 2.17 bits per heavy atom. The van der Waals surface area contributed by atoms with E-state index in [4.69, 9.17) is 5.11 Å². The van der Waals surface area contributed by atoms with Crippen LogP contribution in [0.1, 0.15) is 18.4 Å². The number of aldehydes is 1. The molecule has 0 aliphatic heterocycles. The van der Waals surface area contributed by atoms with Crippen molar-refractivity contribution in [2.24, 2.45) is 5.92 Å². The first-order valence-electron chi connectivity index (χ1n) is 9.35. The highest BCUT2D eigenvalue weighted by atomic mass is 16.3. The lowest BCUT2D eigenvalue weighted by Crippen LogP contribution is -2.35. The first kappa shape index (κ1) is 20.4. The summed E-state index contributed by atoms with van der Waals surface area (Å²) in [6.45, 7) is 0.658. The SMILES string of the molecule is N#Cc1ccc(-c2cnc(NC(=O)C3CC3)cn2)cc1NC(C=O)CNCCO. The maximum absolute atomic E-state index is 11.8. The summed E-state index contributed by atoms with van der Waals surface area (Å²) in [4.78, 5) is 31.7. The molecule has 1 aliphatic carbocycles. The van der Waals surface area contributed by atoms with Gasteiger partial charge in [-0.25, -0.2) is 4.98 Å². The zero-order valence-corrected chi connectivity index (χ0v) is 15.8. The van der Waals surface area contributed by atoms with Gasteiger partial charge < -0.3 is 25.9 Å². The van der Waals surface area contributed by atoms with Crippen LogP contribution in [-0.2, 0) is 9.59 Å². The molecule has 29 heavy (non-hydrogen) atoms. The van der Waals surface area contributed by atoms with Crippen LogP contribution in [-0.4, -0.2) is 53.0 Å². The minimum absolute atomic E-state index is 0.0275. The fourth-order valence-electron chi connectivity index (χ4n) is 2.71. The standard InChI is InChI=1S/C20H22N6O3/c21-8-15-4-3-14(7-17(15)25-16(12-28)9-22-5-6-27)18-10-24-19(11-23-18)26-20(29)13-1-2-13/h3-4,7,10-13,16,22,25,27H,1-2,5-6,9H2,(H,24,26,29). The van der Waals surface area contributed by atoms with E-state index in [0.717, 1.165) is 19.1 Å². The molecule has 9 nitrogen and oxygen atoms in total. The first-order valence-corrected chi connectivity index (χ1v) is 9.35. The van der Waals surface area contributed by atoms with E-state index >= 15 is 0 Å². The number of carbonyl (C=O) groups is 2. The Hall–Kier alpha value is -3.35. The average Bonchev–Trinajstić information content (AvgIpc) is 3.59. The van der Waals surface area contributed by atoms with Gasteiger partial charge in [0.15, 0.2) is 5.82 Å². The molecule has 1 saturated carbocycles. The zero-order chi connectivity index (χ0) is 20.6. The molecule has 3 rings (SSSR count). The molecule has 0 saturated heterocycles. The number of hydrogen-bond donors (Lipinski definition) is 4. The van der Waals surface area contributed by atoms with Crippen LogP contribution in [0.5, 0.6) is 0 Å². The van der Waals surface area contributed by atoms with Crippen LogP contribution in [0.25, 0.3) is 11.3 Å². The topological polar surface area (TPSA) is 140 Å². The van der Waals surface area contributed by atoms with Gasteiger partial charge in [-0.3, -0.25) is 9.78 Å². The van der Waals surface area contributed by atoms with E-state index in [0.29, 0.717) is 41.4 Å². The summed E-state index contributed by atoms with van der Waals surface area (Å²) in [5.74, 6) is 0.446. The van der Waals surface area contributed by atoms with Crippen LogP contribution in [0.2, 0.25) is 0 Å². The third-order valence-corrected chi connectivity index (χ3v) is 4.45. The monoisotopic (exact) mass is 394 g/mol. The Morgan fingerprint density at radius 1 is 1.34 bits per heavy atom. The summed E-state index contributed by atoms with van der Waals surface area (Å²) in [5, 5.41) is 26.9. The number of nitrogens with one attached hydrogen (secondary N) is 3. The van der Waals surface area contributed by atoms with Crippen LogP contribution in [0.3, 0.4) is 0 Å². The predicted octanol–water partition coefficient (Wildman–Crippen LogP) is 0.925. The van der Waals surface area contributed by atoms with Crippen LogP contribution in [0, 0.1) is 17.2 Å². The molecule has 150 valence electrons. The molecule has 4 N–H and O–H groups in total. The molecule has 0 spiro atoms. The molecule has 0 bridgehead atoms. The number of carbonyl (C=O) groups excluding carboxylic acids is 2. The molecule has 1 unspecified atom stereocenters. The predicted molar refractivity (Wildman–Crippen MR) is 107 cm³/mol. The fraction of sp³-hybridized carbons (Fsp3) is 0.350. The van der Waals surface area contributed by atoms with Gasteiger partial charge in [-0.1, -0.05) is 6.07 Å². The quantitative estimate of drug-likeness (QED) is 0.345. The van der Waals surface area contributed by atoms with Crippen molar-refractivity contribution in [2.45, 2.75) is 18.9 Å². The first-order chi connectivity index (χ1) is 14.1. The average molecular weight is 394 g/mol. The highest BCUT2D eigenvalue weighted by Gasteiger charge is 2.29. The number of aromatic nitrogens is 2. The molecule has 1 aliphatic rings. The van der Waals surface area contributed by atoms with Crippen molar-refractivity contribution in [3.05, 3.63) is 36.2 Å². The normalized spacial score (nSPS) is 13.9. The van der Waals surface area contributed by atoms with E-state index in [1.54, 1.807) is 24.4 Å². The number of nitriles is 1. The maximum atomic E-state index is 11.8. The van der Waals surface area contributed by atoms with Gasteiger partial charge in [0.25, 0.3) is 0 Å². The number of anilines is 2. The molecule has 2 aromatic rings. The highest BCUT2D eigenvalue weighted by molar-refractivity contribution is 5.93. The lowest BCUT2D eigenvalue weighted by atomic mass is 10.1. The molecule has 1 aromatic heterocycles. The fourth-order valence-corrected chi connectivity index (χ4v) is 2.71. The second kappa shape index (κ2) is 9.73. The molecule has 1 aromatic carbocycles. The second-order valence-electron chi connectivity index (χ2n) is 6.74. The molecular formula is C20H22N6O3. The van der Waals surface area contributed by atoms with E-state index in [2.05, 4.69) is 32.0 Å². The number of hydrogen-bond acceptors (Lipinski definition) is 8. The molecule has 9 heteroatoms. The summed E-state index contributed by atoms with van der Waals surface area (Å²) in [6.07, 6.45) is 5.61. The summed E-state index contributed by atoms with van der Waals surface area (Å²) in [6, 6.07) is 6.66. The van der Waals surface area contributed by atoms with Crippen LogP contribution in [0.15, 0.2) is 30.6 Å². The van der Waals surface area contributed by atoms with Crippen molar-refractivity contribution in [2.75, 3.05) is 30.3 Å². The van der Waals surface area contributed by atoms with Crippen molar-refractivity contribution >= 4 is 23.7 Å². The van der Waals surface area contributed by atoms with Gasteiger partial charge >= 0.3 is 0 Å². The summed E-state index contributed by atoms with van der Waals surface area (Å²) >= 11 is 0. The largest absolute Gasteiger partial charge is 0.395 e. The van der Waals surface area contributed by atoms with Gasteiger partial charge in [0.05, 0.1) is 42.0 Å². The Bertz CT molecular complexity index is 905. The Balaban J connectivity index is 1.74. The van der Waals surface area contributed by atoms with Crippen LogP contribution < -0.4 is 16.0 Å². The summed E-state index contributed by atoms with van der Waals surface area (Å²) < 4.78 is 0. The molecular weight excluding hydrogens is 372 g/mol. The van der Waals surface area contributed by atoms with Gasteiger partial charge in [0, 0.05) is 24.6 Å². The summed E-state index contributed by atoms with van der Waals surface area (Å²) in [5.41, 5.74) is 2.18. The van der Waals surface area contributed by atoms with Gasteiger partial charge in [0.2, 0.25) is 5.91 Å². The lowest BCUT2D eigenvalue weighted by molar-refractivity contribution is -0.117. The van der Waals surface area contributed by atoms with Gasteiger partial charge in [-0.15, -0.1) is 0 Å². The van der Waals surface area contributed by atoms with E-state index in [1.807, 2.05) is 0 Å². The maximum Gasteiger partial charge on any atom is 0.228 e. The van der Waals surface area contributed by atoms with Gasteiger partial charge in [0.1, 0.15) is 12.4 Å². The van der Waals surface area contributed by atoms with E-state index in [9.17, 15) is 14.9 Å². The van der Waals surface area contributed by atoms with Crippen molar-refractivity contribution < 1.29 is 14.7 Å². The molecule has 1 heterocycles. The number of aliphatic hydroxyl groups excluding tert-OH is 1. The Morgan fingerprint density at radius 3 is 2.79 bits per heavy atom. The second-order valence-corrected chi connectivity index (χ2v) is 6.74. The molecule has 0 radical (unpaired) electrons. The minimum Gasteiger partial charge on any atom is -0.395 e. The smallest absolute Gasteiger partial charge is 0.228 e.